The molecule has 2 aromatic heterocycles. The SMILES string of the molecule is O=C(c1ccc(Cn2ccnc2)cc1)N1CCSC(c2cccs2)CC1. The third-order valence-electron chi connectivity index (χ3n) is 4.61. The van der Waals surface area contributed by atoms with Crippen LogP contribution in [0, 0.1) is 0 Å². The topological polar surface area (TPSA) is 38.1 Å². The van der Waals surface area contributed by atoms with Crippen LogP contribution in [-0.2, 0) is 6.54 Å². The largest absolute Gasteiger partial charge is 0.338 e. The number of amides is 1. The van der Waals surface area contributed by atoms with E-state index in [0.29, 0.717) is 5.25 Å². The van der Waals surface area contributed by atoms with E-state index in [0.717, 1.165) is 37.4 Å². The van der Waals surface area contributed by atoms with Gasteiger partial charge in [-0.3, -0.25) is 4.79 Å². The van der Waals surface area contributed by atoms with E-state index in [2.05, 4.69) is 22.5 Å². The summed E-state index contributed by atoms with van der Waals surface area (Å²) in [5.74, 6) is 1.14. The average Bonchev–Trinajstić information content (AvgIpc) is 3.33. The van der Waals surface area contributed by atoms with Crippen molar-refractivity contribution in [3.8, 4) is 0 Å². The van der Waals surface area contributed by atoms with Crippen molar-refractivity contribution >= 4 is 29.0 Å². The molecule has 0 bridgehead atoms. The van der Waals surface area contributed by atoms with Gasteiger partial charge < -0.3 is 9.47 Å². The number of imidazole rings is 1. The third-order valence-corrected chi connectivity index (χ3v) is 7.06. The Morgan fingerprint density at radius 3 is 2.81 bits per heavy atom. The van der Waals surface area contributed by atoms with Gasteiger partial charge in [-0.05, 0) is 35.6 Å². The molecule has 3 aromatic rings. The van der Waals surface area contributed by atoms with Gasteiger partial charge in [-0.25, -0.2) is 4.98 Å². The van der Waals surface area contributed by atoms with Crippen LogP contribution in [0.4, 0.5) is 0 Å². The standard InChI is InChI=1S/C20H21N3OS2/c24-20(17-5-3-16(4-6-17)14-22-10-8-21-15-22)23-9-7-19(26-13-11-23)18-2-1-12-25-18/h1-6,8,10,12,15,19H,7,9,11,13-14H2. The summed E-state index contributed by atoms with van der Waals surface area (Å²) in [5.41, 5.74) is 1.95. The predicted octanol–water partition coefficient (Wildman–Crippen LogP) is 4.31. The Morgan fingerprint density at radius 2 is 2.08 bits per heavy atom. The van der Waals surface area contributed by atoms with E-state index in [1.54, 1.807) is 12.5 Å². The first kappa shape index (κ1) is 17.4. The zero-order valence-corrected chi connectivity index (χ0v) is 16.1. The van der Waals surface area contributed by atoms with E-state index in [1.165, 1.54) is 10.4 Å². The number of benzene rings is 1. The van der Waals surface area contributed by atoms with Gasteiger partial charge in [0.1, 0.15) is 0 Å². The summed E-state index contributed by atoms with van der Waals surface area (Å²) < 4.78 is 2.02. The fourth-order valence-electron chi connectivity index (χ4n) is 3.20. The molecule has 1 atom stereocenters. The molecule has 26 heavy (non-hydrogen) atoms. The molecule has 0 saturated carbocycles. The predicted molar refractivity (Wildman–Crippen MR) is 108 cm³/mol. The molecule has 0 radical (unpaired) electrons. The Hall–Kier alpha value is -2.05. The van der Waals surface area contributed by atoms with Gasteiger partial charge in [0, 0.05) is 53.5 Å². The van der Waals surface area contributed by atoms with Crippen LogP contribution in [0.15, 0.2) is 60.5 Å². The molecule has 6 heteroatoms. The molecule has 1 aliphatic heterocycles. The maximum Gasteiger partial charge on any atom is 0.253 e. The lowest BCUT2D eigenvalue weighted by molar-refractivity contribution is 0.0766. The van der Waals surface area contributed by atoms with E-state index < -0.39 is 0 Å². The molecule has 4 rings (SSSR count). The van der Waals surface area contributed by atoms with E-state index in [1.807, 2.05) is 63.0 Å². The Balaban J connectivity index is 1.39. The maximum absolute atomic E-state index is 12.9. The minimum absolute atomic E-state index is 0.145. The summed E-state index contributed by atoms with van der Waals surface area (Å²) in [4.78, 5) is 20.4. The van der Waals surface area contributed by atoms with Crippen LogP contribution in [0.1, 0.15) is 32.5 Å². The number of hydrogen-bond donors (Lipinski definition) is 0. The highest BCUT2D eigenvalue weighted by Gasteiger charge is 2.23. The first-order chi connectivity index (χ1) is 12.8. The molecule has 0 spiro atoms. The summed E-state index contributed by atoms with van der Waals surface area (Å²) in [6.07, 6.45) is 6.55. The molecule has 1 aromatic carbocycles. The van der Waals surface area contributed by atoms with Crippen molar-refractivity contribution in [2.45, 2.75) is 18.2 Å². The normalized spacial score (nSPS) is 17.8. The van der Waals surface area contributed by atoms with Crippen LogP contribution in [0.25, 0.3) is 0 Å². The van der Waals surface area contributed by atoms with Crippen LogP contribution in [-0.4, -0.2) is 39.2 Å². The summed E-state index contributed by atoms with van der Waals surface area (Å²) >= 11 is 3.79. The summed E-state index contributed by atoms with van der Waals surface area (Å²) in [6.45, 7) is 2.42. The second kappa shape index (κ2) is 8.10. The molecule has 3 heterocycles. The summed E-state index contributed by atoms with van der Waals surface area (Å²) in [7, 11) is 0. The van der Waals surface area contributed by atoms with Crippen molar-refractivity contribution < 1.29 is 4.79 Å². The van der Waals surface area contributed by atoms with Gasteiger partial charge in [-0.2, -0.15) is 11.8 Å². The van der Waals surface area contributed by atoms with Gasteiger partial charge >= 0.3 is 0 Å². The van der Waals surface area contributed by atoms with Gasteiger partial charge in [-0.1, -0.05) is 18.2 Å². The zero-order chi connectivity index (χ0) is 17.8. The Morgan fingerprint density at radius 1 is 1.19 bits per heavy atom. The lowest BCUT2D eigenvalue weighted by atomic mass is 10.1. The monoisotopic (exact) mass is 383 g/mol. The highest BCUT2D eigenvalue weighted by atomic mass is 32.2. The zero-order valence-electron chi connectivity index (χ0n) is 14.5. The molecule has 1 unspecified atom stereocenters. The first-order valence-electron chi connectivity index (χ1n) is 8.78. The molecule has 1 amide bonds. The van der Waals surface area contributed by atoms with E-state index in [4.69, 9.17) is 0 Å². The smallest absolute Gasteiger partial charge is 0.253 e. The Kier molecular flexibility index (Phi) is 5.41. The van der Waals surface area contributed by atoms with Crippen molar-refractivity contribution in [1.29, 1.82) is 0 Å². The molecule has 0 aliphatic carbocycles. The molecule has 4 nitrogen and oxygen atoms in total. The molecular weight excluding hydrogens is 362 g/mol. The van der Waals surface area contributed by atoms with Crippen LogP contribution >= 0.6 is 23.1 Å². The summed E-state index contributed by atoms with van der Waals surface area (Å²) in [5, 5.41) is 2.65. The Labute approximate surface area is 161 Å². The van der Waals surface area contributed by atoms with Crippen molar-refractivity contribution in [1.82, 2.24) is 14.5 Å². The molecule has 1 saturated heterocycles. The number of carbonyl (C=O) groups excluding carboxylic acids is 1. The van der Waals surface area contributed by atoms with Crippen LogP contribution in [0.5, 0.6) is 0 Å². The van der Waals surface area contributed by atoms with Crippen LogP contribution in [0.2, 0.25) is 0 Å². The van der Waals surface area contributed by atoms with E-state index in [9.17, 15) is 4.79 Å². The van der Waals surface area contributed by atoms with Crippen LogP contribution in [0.3, 0.4) is 0 Å². The van der Waals surface area contributed by atoms with Crippen molar-refractivity contribution in [3.05, 3.63) is 76.5 Å². The fraction of sp³-hybridized carbons (Fsp3) is 0.300. The second-order valence-corrected chi connectivity index (χ2v) is 8.68. The van der Waals surface area contributed by atoms with Crippen molar-refractivity contribution in [3.63, 3.8) is 0 Å². The molecule has 1 fully saturated rings. The lowest BCUT2D eigenvalue weighted by Gasteiger charge is -2.20. The number of hydrogen-bond acceptors (Lipinski definition) is 4. The van der Waals surface area contributed by atoms with Crippen molar-refractivity contribution in [2.75, 3.05) is 18.8 Å². The number of nitrogens with zero attached hydrogens (tertiary/aromatic N) is 3. The van der Waals surface area contributed by atoms with E-state index in [-0.39, 0.29) is 5.91 Å². The van der Waals surface area contributed by atoms with Crippen LogP contribution < -0.4 is 0 Å². The summed E-state index contributed by atoms with van der Waals surface area (Å²) in [6, 6.07) is 12.3. The van der Waals surface area contributed by atoms with Gasteiger partial charge in [0.2, 0.25) is 0 Å². The second-order valence-electron chi connectivity index (χ2n) is 6.39. The lowest BCUT2D eigenvalue weighted by Crippen LogP contribution is -2.32. The number of carbonyl (C=O) groups is 1. The maximum atomic E-state index is 12.9. The minimum atomic E-state index is 0.145. The Bertz CT molecular complexity index is 829. The molecule has 134 valence electrons. The van der Waals surface area contributed by atoms with E-state index >= 15 is 0 Å². The third kappa shape index (κ3) is 4.02. The molecule has 1 aliphatic rings. The van der Waals surface area contributed by atoms with Gasteiger partial charge in [0.05, 0.1) is 6.33 Å². The highest BCUT2D eigenvalue weighted by molar-refractivity contribution is 7.99. The molecule has 0 N–H and O–H groups in total. The van der Waals surface area contributed by atoms with Gasteiger partial charge in [0.15, 0.2) is 0 Å². The fourth-order valence-corrected chi connectivity index (χ4v) is 5.44. The minimum Gasteiger partial charge on any atom is -0.338 e. The number of aromatic nitrogens is 2. The number of thioether (sulfide) groups is 1. The first-order valence-corrected chi connectivity index (χ1v) is 10.7. The highest BCUT2D eigenvalue weighted by Crippen LogP contribution is 2.36. The quantitative estimate of drug-likeness (QED) is 0.674. The molecular formula is C20H21N3OS2. The number of thiophene rings is 1. The average molecular weight is 384 g/mol. The number of rotatable bonds is 4. The van der Waals surface area contributed by atoms with Crippen molar-refractivity contribution in [2.24, 2.45) is 0 Å². The van der Waals surface area contributed by atoms with Gasteiger partial charge in [0.25, 0.3) is 5.91 Å². The van der Waals surface area contributed by atoms with Gasteiger partial charge in [-0.15, -0.1) is 11.3 Å².